The molecule has 2 N–H and O–H groups in total. The van der Waals surface area contributed by atoms with Crippen LogP contribution in [0, 0.1) is 6.92 Å². The number of aryl methyl sites for hydroxylation is 1. The molecule has 0 spiro atoms. The molecule has 0 fully saturated rings. The zero-order chi connectivity index (χ0) is 20.9. The van der Waals surface area contributed by atoms with Crippen molar-refractivity contribution in [2.75, 3.05) is 11.9 Å². The topological polar surface area (TPSA) is 88.2 Å². The summed E-state index contributed by atoms with van der Waals surface area (Å²) >= 11 is 3.34. The molecular formula is C21H20BrN3O3S. The molecule has 1 heterocycles. The second-order valence-electron chi connectivity index (χ2n) is 6.42. The van der Waals surface area contributed by atoms with Gasteiger partial charge in [0, 0.05) is 23.4 Å². The quantitative estimate of drug-likeness (QED) is 0.545. The van der Waals surface area contributed by atoms with E-state index < -0.39 is 9.84 Å². The predicted octanol–water partition coefficient (Wildman–Crippen LogP) is 3.71. The van der Waals surface area contributed by atoms with Gasteiger partial charge >= 0.3 is 0 Å². The number of halogens is 1. The van der Waals surface area contributed by atoms with Crippen molar-refractivity contribution >= 4 is 37.4 Å². The molecule has 0 bridgehead atoms. The molecule has 3 aromatic rings. The smallest absolute Gasteiger partial charge is 0.239 e. The summed E-state index contributed by atoms with van der Waals surface area (Å²) in [7, 11) is -3.77. The monoisotopic (exact) mass is 473 g/mol. The molecule has 0 aliphatic rings. The Labute approximate surface area is 178 Å². The van der Waals surface area contributed by atoms with Gasteiger partial charge in [-0.3, -0.25) is 9.78 Å². The fourth-order valence-corrected chi connectivity index (χ4v) is 5.19. The van der Waals surface area contributed by atoms with Gasteiger partial charge in [0.25, 0.3) is 0 Å². The third-order valence-corrected chi connectivity index (χ3v) is 7.01. The maximum atomic E-state index is 13.2. The molecule has 0 aliphatic heterocycles. The van der Waals surface area contributed by atoms with Crippen LogP contribution < -0.4 is 10.6 Å². The molecule has 8 heteroatoms. The van der Waals surface area contributed by atoms with Gasteiger partial charge in [0.2, 0.25) is 15.7 Å². The third kappa shape index (κ3) is 5.21. The highest BCUT2D eigenvalue weighted by Crippen LogP contribution is 2.34. The number of hydrogen-bond donors (Lipinski definition) is 2. The first kappa shape index (κ1) is 21.0. The lowest BCUT2D eigenvalue weighted by molar-refractivity contribution is -0.119. The summed E-state index contributed by atoms with van der Waals surface area (Å²) in [5.74, 6) is -0.257. The number of sulfone groups is 1. The first-order valence-corrected chi connectivity index (χ1v) is 11.2. The number of nitrogens with one attached hydrogen (secondary N) is 2. The highest BCUT2D eigenvalue weighted by atomic mass is 79.9. The number of aromatic nitrogens is 1. The molecule has 0 saturated heterocycles. The van der Waals surface area contributed by atoms with E-state index in [-0.39, 0.29) is 22.2 Å². The van der Waals surface area contributed by atoms with Gasteiger partial charge in [-0.15, -0.1) is 0 Å². The summed E-state index contributed by atoms with van der Waals surface area (Å²) in [6.45, 7) is 2.18. The maximum Gasteiger partial charge on any atom is 0.239 e. The van der Waals surface area contributed by atoms with Crippen molar-refractivity contribution in [1.29, 1.82) is 0 Å². The number of carbonyl (C=O) groups is 1. The van der Waals surface area contributed by atoms with Gasteiger partial charge in [0.1, 0.15) is 4.90 Å². The molecule has 6 nitrogen and oxygen atoms in total. The minimum Gasteiger partial charge on any atom is -0.375 e. The van der Waals surface area contributed by atoms with Gasteiger partial charge in [0.05, 0.1) is 17.1 Å². The highest BCUT2D eigenvalue weighted by molar-refractivity contribution is 9.10. The number of amides is 1. The van der Waals surface area contributed by atoms with Crippen molar-refractivity contribution in [1.82, 2.24) is 10.3 Å². The van der Waals surface area contributed by atoms with Crippen LogP contribution in [0.15, 0.2) is 81.3 Å². The molecule has 1 amide bonds. The average Bonchev–Trinajstić information content (AvgIpc) is 2.71. The Morgan fingerprint density at radius 2 is 1.83 bits per heavy atom. The van der Waals surface area contributed by atoms with E-state index >= 15 is 0 Å². The van der Waals surface area contributed by atoms with Crippen molar-refractivity contribution in [2.24, 2.45) is 0 Å². The average molecular weight is 474 g/mol. The van der Waals surface area contributed by atoms with Gasteiger partial charge in [0.15, 0.2) is 0 Å². The molecule has 1 aromatic heterocycles. The Hall–Kier alpha value is -2.71. The number of nitrogens with zero attached hydrogens (tertiary/aromatic N) is 1. The summed E-state index contributed by atoms with van der Waals surface area (Å²) in [6, 6.07) is 15.3. The Bertz CT molecular complexity index is 1100. The van der Waals surface area contributed by atoms with E-state index in [1.165, 1.54) is 0 Å². The van der Waals surface area contributed by atoms with E-state index in [0.29, 0.717) is 16.7 Å². The third-order valence-electron chi connectivity index (χ3n) is 4.22. The predicted molar refractivity (Wildman–Crippen MR) is 115 cm³/mol. The van der Waals surface area contributed by atoms with Crippen LogP contribution in [-0.2, 0) is 21.2 Å². The first-order valence-electron chi connectivity index (χ1n) is 8.87. The summed E-state index contributed by atoms with van der Waals surface area (Å²) in [5, 5.41) is 5.72. The normalized spacial score (nSPS) is 11.1. The van der Waals surface area contributed by atoms with E-state index in [2.05, 4.69) is 31.5 Å². The molecule has 0 aliphatic carbocycles. The van der Waals surface area contributed by atoms with Crippen LogP contribution in [0.3, 0.4) is 0 Å². The minimum atomic E-state index is -3.77. The number of pyridine rings is 1. The number of anilines is 1. The molecule has 0 radical (unpaired) electrons. The van der Waals surface area contributed by atoms with Gasteiger partial charge < -0.3 is 10.6 Å². The van der Waals surface area contributed by atoms with Crippen LogP contribution in [0.4, 0.5) is 5.69 Å². The first-order chi connectivity index (χ1) is 13.9. The van der Waals surface area contributed by atoms with Crippen molar-refractivity contribution in [3.8, 4) is 0 Å². The highest BCUT2D eigenvalue weighted by Gasteiger charge is 2.24. The Kier molecular flexibility index (Phi) is 6.66. The molecule has 29 heavy (non-hydrogen) atoms. The van der Waals surface area contributed by atoms with Crippen molar-refractivity contribution in [3.05, 3.63) is 82.6 Å². The van der Waals surface area contributed by atoms with Crippen molar-refractivity contribution in [3.63, 3.8) is 0 Å². The Balaban J connectivity index is 1.76. The standard InChI is InChI=1S/C21H20BrN3O3S/c1-15-7-9-17(10-8-15)29(27,28)21-18(22)5-2-6-19(21)24-14-20(26)25-13-16-4-3-11-23-12-16/h2-12,24H,13-14H2,1H3,(H,25,26). The summed E-state index contributed by atoms with van der Waals surface area (Å²) in [5.41, 5.74) is 2.21. The lowest BCUT2D eigenvalue weighted by Crippen LogP contribution is -2.29. The van der Waals surface area contributed by atoms with E-state index in [9.17, 15) is 13.2 Å². The lowest BCUT2D eigenvalue weighted by atomic mass is 10.2. The van der Waals surface area contributed by atoms with Gasteiger partial charge in [-0.05, 0) is 58.7 Å². The van der Waals surface area contributed by atoms with Crippen LogP contribution in [0.25, 0.3) is 0 Å². The molecule has 2 aromatic carbocycles. The second kappa shape index (κ2) is 9.19. The van der Waals surface area contributed by atoms with Gasteiger partial charge in [-0.1, -0.05) is 29.8 Å². The molecule has 0 atom stereocenters. The number of benzene rings is 2. The Morgan fingerprint density at radius 1 is 1.07 bits per heavy atom. The largest absolute Gasteiger partial charge is 0.375 e. The number of carbonyl (C=O) groups excluding carboxylic acids is 1. The lowest BCUT2D eigenvalue weighted by Gasteiger charge is -2.14. The zero-order valence-corrected chi connectivity index (χ0v) is 18.1. The Morgan fingerprint density at radius 3 is 2.52 bits per heavy atom. The van der Waals surface area contributed by atoms with Crippen LogP contribution in [-0.4, -0.2) is 25.9 Å². The van der Waals surface area contributed by atoms with E-state index in [1.807, 2.05) is 13.0 Å². The molecule has 0 saturated carbocycles. The van der Waals surface area contributed by atoms with E-state index in [0.717, 1.165) is 11.1 Å². The van der Waals surface area contributed by atoms with Gasteiger partial charge in [-0.25, -0.2) is 8.42 Å². The van der Waals surface area contributed by atoms with E-state index in [4.69, 9.17) is 0 Å². The number of hydrogen-bond acceptors (Lipinski definition) is 5. The van der Waals surface area contributed by atoms with Crippen LogP contribution in [0.5, 0.6) is 0 Å². The summed E-state index contributed by atoms with van der Waals surface area (Å²) < 4.78 is 26.8. The molecule has 3 rings (SSSR count). The van der Waals surface area contributed by atoms with Crippen LogP contribution >= 0.6 is 15.9 Å². The fourth-order valence-electron chi connectivity index (χ4n) is 2.70. The molecular weight excluding hydrogens is 454 g/mol. The fraction of sp³-hybridized carbons (Fsp3) is 0.143. The number of rotatable bonds is 7. The zero-order valence-electron chi connectivity index (χ0n) is 15.7. The van der Waals surface area contributed by atoms with Crippen LogP contribution in [0.1, 0.15) is 11.1 Å². The SMILES string of the molecule is Cc1ccc(S(=O)(=O)c2c(Br)cccc2NCC(=O)NCc2cccnc2)cc1. The van der Waals surface area contributed by atoms with Gasteiger partial charge in [-0.2, -0.15) is 0 Å². The van der Waals surface area contributed by atoms with Crippen LogP contribution in [0.2, 0.25) is 0 Å². The molecule has 0 unspecified atom stereocenters. The maximum absolute atomic E-state index is 13.2. The second-order valence-corrected chi connectivity index (χ2v) is 9.17. The van der Waals surface area contributed by atoms with Crippen molar-refractivity contribution < 1.29 is 13.2 Å². The minimum absolute atomic E-state index is 0.0624. The summed E-state index contributed by atoms with van der Waals surface area (Å²) in [6.07, 6.45) is 3.34. The molecule has 150 valence electrons. The van der Waals surface area contributed by atoms with E-state index in [1.54, 1.807) is 60.9 Å². The van der Waals surface area contributed by atoms with Crippen molar-refractivity contribution in [2.45, 2.75) is 23.3 Å². The summed E-state index contributed by atoms with van der Waals surface area (Å²) in [4.78, 5) is 16.5.